The Hall–Kier alpha value is -0.900. The molecule has 0 spiro atoms. The van der Waals surface area contributed by atoms with Gasteiger partial charge in [-0.3, -0.25) is 4.99 Å². The Morgan fingerprint density at radius 2 is 2.19 bits per heavy atom. The fraction of sp³-hybridized carbons (Fsp3) is 0.833. The van der Waals surface area contributed by atoms with Crippen LogP contribution in [-0.4, -0.2) is 65.4 Å². The normalized spacial score (nSPS) is 23.6. The lowest BCUT2D eigenvalue weighted by Crippen LogP contribution is -2.56. The van der Waals surface area contributed by atoms with Gasteiger partial charge < -0.3 is 20.1 Å². The van der Waals surface area contributed by atoms with E-state index in [1.807, 2.05) is 7.05 Å². The molecule has 2 atom stereocenters. The van der Waals surface area contributed by atoms with Crippen LogP contribution in [0, 0.1) is 5.92 Å². The van der Waals surface area contributed by atoms with Crippen molar-refractivity contribution in [1.82, 2.24) is 30.3 Å². The van der Waals surface area contributed by atoms with Crippen LogP contribution in [0.4, 0.5) is 0 Å². The van der Waals surface area contributed by atoms with E-state index in [1.54, 1.807) is 6.33 Å². The van der Waals surface area contributed by atoms with E-state index in [2.05, 4.69) is 63.2 Å². The highest BCUT2D eigenvalue weighted by molar-refractivity contribution is 14.0. The van der Waals surface area contributed by atoms with E-state index in [0.29, 0.717) is 0 Å². The highest BCUT2D eigenvalue weighted by Crippen LogP contribution is 2.35. The van der Waals surface area contributed by atoms with Crippen LogP contribution in [0.2, 0.25) is 0 Å². The Morgan fingerprint density at radius 3 is 2.81 bits per heavy atom. The van der Waals surface area contributed by atoms with E-state index in [1.165, 1.54) is 25.7 Å². The van der Waals surface area contributed by atoms with Crippen LogP contribution in [0.3, 0.4) is 0 Å². The van der Waals surface area contributed by atoms with Crippen molar-refractivity contribution in [3.8, 4) is 0 Å². The van der Waals surface area contributed by atoms with Crippen molar-refractivity contribution in [2.75, 3.05) is 34.2 Å². The van der Waals surface area contributed by atoms with Gasteiger partial charge in [-0.25, -0.2) is 0 Å². The largest absolute Gasteiger partial charge is 0.355 e. The fourth-order valence-corrected chi connectivity index (χ4v) is 3.86. The second kappa shape index (κ2) is 11.1. The van der Waals surface area contributed by atoms with Gasteiger partial charge in [-0.05, 0) is 32.9 Å². The van der Waals surface area contributed by atoms with Gasteiger partial charge in [-0.1, -0.05) is 26.7 Å². The van der Waals surface area contributed by atoms with Gasteiger partial charge in [0.05, 0.1) is 0 Å². The minimum absolute atomic E-state index is 0. The van der Waals surface area contributed by atoms with Gasteiger partial charge in [-0.15, -0.1) is 34.2 Å². The maximum absolute atomic E-state index is 4.38. The first-order valence-corrected chi connectivity index (χ1v) is 9.49. The van der Waals surface area contributed by atoms with Crippen molar-refractivity contribution in [1.29, 1.82) is 0 Å². The van der Waals surface area contributed by atoms with E-state index in [4.69, 9.17) is 0 Å². The second-order valence-electron chi connectivity index (χ2n) is 7.47. The first kappa shape index (κ1) is 23.1. The number of guanidine groups is 1. The lowest BCUT2D eigenvalue weighted by Gasteiger charge is -2.45. The summed E-state index contributed by atoms with van der Waals surface area (Å²) in [5.74, 6) is 2.67. The fourth-order valence-electron chi connectivity index (χ4n) is 3.86. The van der Waals surface area contributed by atoms with Crippen molar-refractivity contribution in [2.45, 2.75) is 58.0 Å². The van der Waals surface area contributed by atoms with Crippen LogP contribution < -0.4 is 10.6 Å². The number of aryl methyl sites for hydroxylation is 1. The summed E-state index contributed by atoms with van der Waals surface area (Å²) >= 11 is 0. The Kier molecular flexibility index (Phi) is 9.84. The van der Waals surface area contributed by atoms with E-state index in [9.17, 15) is 0 Å². The number of nitrogens with one attached hydrogen (secondary N) is 2. The van der Waals surface area contributed by atoms with E-state index >= 15 is 0 Å². The Bertz CT molecular complexity index is 557. The average Bonchev–Trinajstić information content (AvgIpc) is 3.05. The molecular weight excluding hydrogens is 441 g/mol. The first-order chi connectivity index (χ1) is 12.0. The molecule has 0 amide bonds. The molecule has 0 saturated heterocycles. The minimum Gasteiger partial charge on any atom is -0.355 e. The smallest absolute Gasteiger partial charge is 0.191 e. The summed E-state index contributed by atoms with van der Waals surface area (Å²) in [7, 11) is 6.24. The number of aromatic nitrogens is 3. The lowest BCUT2D eigenvalue weighted by atomic mass is 9.75. The SMILES string of the molecule is CCc1nncn1CCNC(=NC)NCC1(N(C)C)CCCC(C)C1.I. The molecule has 1 aliphatic rings. The number of hydrogen-bond acceptors (Lipinski definition) is 4. The van der Waals surface area contributed by atoms with Crippen molar-refractivity contribution >= 4 is 29.9 Å². The molecule has 1 aromatic heterocycles. The summed E-state index contributed by atoms with van der Waals surface area (Å²) in [5, 5.41) is 15.1. The Morgan fingerprint density at radius 1 is 1.42 bits per heavy atom. The Balaban J connectivity index is 0.00000338. The predicted molar refractivity (Wildman–Crippen MR) is 118 cm³/mol. The van der Waals surface area contributed by atoms with Gasteiger partial charge in [-0.2, -0.15) is 0 Å². The van der Waals surface area contributed by atoms with Crippen LogP contribution in [0.1, 0.15) is 45.4 Å². The number of aliphatic imine (C=N–C) groups is 1. The predicted octanol–water partition coefficient (Wildman–Crippen LogP) is 2.13. The quantitative estimate of drug-likeness (QED) is 0.358. The molecule has 2 N–H and O–H groups in total. The molecule has 1 aliphatic carbocycles. The Labute approximate surface area is 175 Å². The van der Waals surface area contributed by atoms with Gasteiger partial charge in [0.1, 0.15) is 12.2 Å². The molecule has 0 bridgehead atoms. The topological polar surface area (TPSA) is 70.4 Å². The highest BCUT2D eigenvalue weighted by Gasteiger charge is 2.36. The molecule has 26 heavy (non-hydrogen) atoms. The van der Waals surface area contributed by atoms with E-state index < -0.39 is 0 Å². The molecule has 0 aromatic carbocycles. The molecular formula is C18H36IN7. The molecule has 7 nitrogen and oxygen atoms in total. The van der Waals surface area contributed by atoms with Crippen molar-refractivity contribution in [3.05, 3.63) is 12.2 Å². The number of nitrogens with zero attached hydrogens (tertiary/aromatic N) is 5. The van der Waals surface area contributed by atoms with Gasteiger partial charge >= 0.3 is 0 Å². The lowest BCUT2D eigenvalue weighted by molar-refractivity contribution is 0.0796. The second-order valence-corrected chi connectivity index (χ2v) is 7.47. The van der Waals surface area contributed by atoms with Crippen molar-refractivity contribution < 1.29 is 0 Å². The zero-order valence-electron chi connectivity index (χ0n) is 17.0. The van der Waals surface area contributed by atoms with E-state index in [0.717, 1.165) is 43.8 Å². The molecule has 0 aliphatic heterocycles. The molecule has 1 aromatic rings. The van der Waals surface area contributed by atoms with Crippen molar-refractivity contribution in [2.24, 2.45) is 10.9 Å². The minimum atomic E-state index is 0. The maximum atomic E-state index is 4.38. The maximum Gasteiger partial charge on any atom is 0.191 e. The monoisotopic (exact) mass is 477 g/mol. The average molecular weight is 477 g/mol. The zero-order chi connectivity index (χ0) is 18.3. The third kappa shape index (κ3) is 6.07. The standard InChI is InChI=1S/C18H35N7.HI/c1-6-16-23-22-14-25(16)11-10-20-17(19-3)21-13-18(24(4)5)9-7-8-15(2)12-18;/h14-15H,6-13H2,1-5H3,(H2,19,20,21);1H. The van der Waals surface area contributed by atoms with Gasteiger partial charge in [0.15, 0.2) is 5.96 Å². The van der Waals surface area contributed by atoms with Crippen LogP contribution >= 0.6 is 24.0 Å². The number of rotatable bonds is 7. The number of likely N-dealkylation sites (N-methyl/N-ethyl adjacent to an activating group) is 1. The molecule has 1 fully saturated rings. The summed E-state index contributed by atoms with van der Waals surface area (Å²) in [6.45, 7) is 7.04. The van der Waals surface area contributed by atoms with Crippen LogP contribution in [0.5, 0.6) is 0 Å². The van der Waals surface area contributed by atoms with Gasteiger partial charge in [0.25, 0.3) is 0 Å². The summed E-state index contributed by atoms with van der Waals surface area (Å²) in [4.78, 5) is 6.78. The summed E-state index contributed by atoms with van der Waals surface area (Å²) in [6.07, 6.45) is 7.83. The van der Waals surface area contributed by atoms with E-state index in [-0.39, 0.29) is 29.5 Å². The van der Waals surface area contributed by atoms with Crippen molar-refractivity contribution in [3.63, 3.8) is 0 Å². The van der Waals surface area contributed by atoms with Crippen LogP contribution in [0.25, 0.3) is 0 Å². The molecule has 1 heterocycles. The molecule has 2 unspecified atom stereocenters. The van der Waals surface area contributed by atoms with Gasteiger partial charge in [0.2, 0.25) is 0 Å². The molecule has 8 heteroatoms. The summed E-state index contributed by atoms with van der Waals surface area (Å²) in [5.41, 5.74) is 0.221. The molecule has 2 rings (SSSR count). The van der Waals surface area contributed by atoms with Crippen LogP contribution in [-0.2, 0) is 13.0 Å². The molecule has 0 radical (unpaired) electrons. The molecule has 1 saturated carbocycles. The number of hydrogen-bond donors (Lipinski definition) is 2. The summed E-state index contributed by atoms with van der Waals surface area (Å²) in [6, 6.07) is 0. The number of halogens is 1. The highest BCUT2D eigenvalue weighted by atomic mass is 127. The third-order valence-corrected chi connectivity index (χ3v) is 5.48. The van der Waals surface area contributed by atoms with Gasteiger partial charge in [0, 0.05) is 38.6 Å². The zero-order valence-corrected chi connectivity index (χ0v) is 19.3. The summed E-state index contributed by atoms with van der Waals surface area (Å²) < 4.78 is 2.09. The molecule has 150 valence electrons. The first-order valence-electron chi connectivity index (χ1n) is 9.49. The third-order valence-electron chi connectivity index (χ3n) is 5.48. The van der Waals surface area contributed by atoms with Crippen LogP contribution in [0.15, 0.2) is 11.3 Å².